The minimum absolute atomic E-state index is 0. The Kier molecular flexibility index (Phi) is 10.0. The average Bonchev–Trinajstić information content (AvgIpc) is 1.90. The molecule has 0 spiro atoms. The van der Waals surface area contributed by atoms with E-state index in [1.807, 2.05) is 0 Å². The minimum Gasteiger partial charge on any atom is -0.465 e. The number of alkyl halides is 1. The van der Waals surface area contributed by atoms with Crippen molar-refractivity contribution in [2.24, 2.45) is 11.7 Å². The number of esters is 1. The van der Waals surface area contributed by atoms with Crippen LogP contribution in [0.25, 0.3) is 0 Å². The Labute approximate surface area is 77.6 Å². The normalized spacial score (nSPS) is 11.5. The lowest BCUT2D eigenvalue weighted by atomic mass is 10.2. The van der Waals surface area contributed by atoms with Crippen LogP contribution in [0.15, 0.2) is 0 Å². The van der Waals surface area contributed by atoms with E-state index in [2.05, 4.69) is 4.74 Å². The third-order valence-corrected chi connectivity index (χ3v) is 1.51. The van der Waals surface area contributed by atoms with Gasteiger partial charge < -0.3 is 10.5 Å². The van der Waals surface area contributed by atoms with Gasteiger partial charge in [0.25, 0.3) is 0 Å². The zero-order valence-electron chi connectivity index (χ0n) is 6.38. The molecule has 0 aromatic heterocycles. The van der Waals surface area contributed by atoms with Gasteiger partial charge in [0.05, 0.1) is 6.61 Å². The Balaban J connectivity index is 0. The standard InChI is InChI=1S/C6H12ClNO2.ClH/c1-5(9)10-4-6(2-7)3-8;/h6H,2-4,8H2,1H3;1H. The van der Waals surface area contributed by atoms with Crippen molar-refractivity contribution in [3.05, 3.63) is 0 Å². The van der Waals surface area contributed by atoms with Crippen LogP contribution in [0.2, 0.25) is 0 Å². The maximum atomic E-state index is 10.3. The molecule has 0 aliphatic heterocycles. The summed E-state index contributed by atoms with van der Waals surface area (Å²) in [6.07, 6.45) is 0. The maximum Gasteiger partial charge on any atom is 0.302 e. The summed E-state index contributed by atoms with van der Waals surface area (Å²) in [5.41, 5.74) is 5.29. The minimum atomic E-state index is -0.288. The van der Waals surface area contributed by atoms with Crippen LogP contribution < -0.4 is 5.73 Å². The summed E-state index contributed by atoms with van der Waals surface area (Å²) < 4.78 is 4.68. The number of carbonyl (C=O) groups is 1. The second-order valence-corrected chi connectivity index (χ2v) is 2.37. The van der Waals surface area contributed by atoms with Crippen LogP contribution in [0.4, 0.5) is 0 Å². The van der Waals surface area contributed by atoms with Gasteiger partial charge in [-0.25, -0.2) is 0 Å². The summed E-state index contributed by atoms with van der Waals surface area (Å²) in [4.78, 5) is 10.3. The highest BCUT2D eigenvalue weighted by Crippen LogP contribution is 1.97. The Bertz CT molecular complexity index is 107. The first kappa shape index (κ1) is 13.6. The molecule has 0 saturated heterocycles. The molecule has 3 nitrogen and oxygen atoms in total. The maximum absolute atomic E-state index is 10.3. The molecule has 68 valence electrons. The van der Waals surface area contributed by atoms with E-state index >= 15 is 0 Å². The van der Waals surface area contributed by atoms with Gasteiger partial charge in [-0.15, -0.1) is 24.0 Å². The van der Waals surface area contributed by atoms with Crippen molar-refractivity contribution < 1.29 is 9.53 Å². The van der Waals surface area contributed by atoms with E-state index in [0.717, 1.165) is 0 Å². The number of carbonyl (C=O) groups excluding carboxylic acids is 1. The summed E-state index contributed by atoms with van der Waals surface area (Å²) in [6, 6.07) is 0. The molecular formula is C6H13Cl2NO2. The number of rotatable bonds is 4. The van der Waals surface area contributed by atoms with Crippen molar-refractivity contribution in [2.75, 3.05) is 19.0 Å². The van der Waals surface area contributed by atoms with Crippen molar-refractivity contribution in [2.45, 2.75) is 6.92 Å². The molecule has 0 saturated carbocycles. The monoisotopic (exact) mass is 201 g/mol. The average molecular weight is 202 g/mol. The molecule has 0 rings (SSSR count). The lowest BCUT2D eigenvalue weighted by molar-refractivity contribution is -0.142. The fourth-order valence-corrected chi connectivity index (χ4v) is 0.626. The summed E-state index contributed by atoms with van der Waals surface area (Å²) >= 11 is 5.48. The van der Waals surface area contributed by atoms with Gasteiger partial charge in [0.1, 0.15) is 0 Å². The third-order valence-electron chi connectivity index (χ3n) is 1.07. The zero-order valence-corrected chi connectivity index (χ0v) is 7.95. The smallest absolute Gasteiger partial charge is 0.302 e. The first-order valence-corrected chi connectivity index (χ1v) is 3.63. The molecule has 0 aliphatic carbocycles. The number of hydrogen-bond acceptors (Lipinski definition) is 3. The van der Waals surface area contributed by atoms with Crippen LogP contribution in [-0.2, 0) is 9.53 Å². The molecule has 0 aliphatic rings. The van der Waals surface area contributed by atoms with Gasteiger partial charge in [0, 0.05) is 18.7 Å². The van der Waals surface area contributed by atoms with E-state index in [1.165, 1.54) is 6.92 Å². The molecule has 0 aromatic rings. The summed E-state index contributed by atoms with van der Waals surface area (Å²) in [7, 11) is 0. The van der Waals surface area contributed by atoms with Gasteiger partial charge in [0.15, 0.2) is 0 Å². The van der Waals surface area contributed by atoms with E-state index in [4.69, 9.17) is 17.3 Å². The fraction of sp³-hybridized carbons (Fsp3) is 0.833. The zero-order chi connectivity index (χ0) is 7.98. The lowest BCUT2D eigenvalue weighted by Crippen LogP contribution is -2.22. The van der Waals surface area contributed by atoms with Crippen molar-refractivity contribution in [1.82, 2.24) is 0 Å². The van der Waals surface area contributed by atoms with Crippen molar-refractivity contribution >= 4 is 30.0 Å². The Hall–Kier alpha value is 0.01000. The van der Waals surface area contributed by atoms with Crippen LogP contribution >= 0.6 is 24.0 Å². The lowest BCUT2D eigenvalue weighted by Gasteiger charge is -2.09. The van der Waals surface area contributed by atoms with Crippen LogP contribution in [0.3, 0.4) is 0 Å². The first-order valence-electron chi connectivity index (χ1n) is 3.10. The number of halogens is 2. The molecule has 2 N–H and O–H groups in total. The molecule has 11 heavy (non-hydrogen) atoms. The summed E-state index contributed by atoms with van der Waals surface area (Å²) in [6.45, 7) is 2.15. The SMILES string of the molecule is CC(=O)OCC(CN)CCl.Cl. The topological polar surface area (TPSA) is 52.3 Å². The molecule has 5 heteroatoms. The highest BCUT2D eigenvalue weighted by Gasteiger charge is 2.05. The predicted molar refractivity (Wildman–Crippen MR) is 47.1 cm³/mol. The summed E-state index contributed by atoms with van der Waals surface area (Å²) in [5, 5.41) is 0. The van der Waals surface area contributed by atoms with Gasteiger partial charge in [0.2, 0.25) is 0 Å². The molecule has 0 amide bonds. The van der Waals surface area contributed by atoms with Crippen molar-refractivity contribution in [1.29, 1.82) is 0 Å². The summed E-state index contributed by atoms with van der Waals surface area (Å²) in [5.74, 6) is 0.234. The first-order chi connectivity index (χ1) is 4.70. The molecule has 0 radical (unpaired) electrons. The van der Waals surface area contributed by atoms with E-state index in [-0.39, 0.29) is 24.3 Å². The van der Waals surface area contributed by atoms with Gasteiger partial charge in [-0.05, 0) is 6.54 Å². The van der Waals surface area contributed by atoms with Crippen molar-refractivity contribution in [3.8, 4) is 0 Å². The van der Waals surface area contributed by atoms with E-state index in [1.54, 1.807) is 0 Å². The molecule has 1 atom stereocenters. The number of hydrogen-bond donors (Lipinski definition) is 1. The third kappa shape index (κ3) is 7.91. The van der Waals surface area contributed by atoms with Crippen molar-refractivity contribution in [3.63, 3.8) is 0 Å². The highest BCUT2D eigenvalue weighted by atomic mass is 35.5. The molecule has 0 heterocycles. The predicted octanol–water partition coefficient (Wildman–Crippen LogP) is 0.785. The molecular weight excluding hydrogens is 189 g/mol. The second kappa shape index (κ2) is 8.11. The quantitative estimate of drug-likeness (QED) is 0.541. The van der Waals surface area contributed by atoms with Crippen LogP contribution in [0, 0.1) is 5.92 Å². The Morgan fingerprint density at radius 1 is 1.73 bits per heavy atom. The van der Waals surface area contributed by atoms with Crippen LogP contribution in [-0.4, -0.2) is 25.0 Å². The Morgan fingerprint density at radius 3 is 2.55 bits per heavy atom. The van der Waals surface area contributed by atoms with Crippen LogP contribution in [0.1, 0.15) is 6.92 Å². The van der Waals surface area contributed by atoms with Gasteiger partial charge >= 0.3 is 5.97 Å². The molecule has 0 bridgehead atoms. The fourth-order valence-electron chi connectivity index (χ4n) is 0.411. The van der Waals surface area contributed by atoms with E-state index < -0.39 is 0 Å². The molecule has 0 aromatic carbocycles. The number of nitrogens with two attached hydrogens (primary N) is 1. The highest BCUT2D eigenvalue weighted by molar-refractivity contribution is 6.18. The molecule has 0 fully saturated rings. The Morgan fingerprint density at radius 2 is 2.27 bits per heavy atom. The van der Waals surface area contributed by atoms with E-state index in [0.29, 0.717) is 19.0 Å². The molecule has 1 unspecified atom stereocenters. The van der Waals surface area contributed by atoms with Crippen LogP contribution in [0.5, 0.6) is 0 Å². The second-order valence-electron chi connectivity index (χ2n) is 2.06. The van der Waals surface area contributed by atoms with Gasteiger partial charge in [-0.3, -0.25) is 4.79 Å². The number of ether oxygens (including phenoxy) is 1. The van der Waals surface area contributed by atoms with Gasteiger partial charge in [-0.2, -0.15) is 0 Å². The largest absolute Gasteiger partial charge is 0.465 e. The van der Waals surface area contributed by atoms with E-state index in [9.17, 15) is 4.79 Å². The van der Waals surface area contributed by atoms with Gasteiger partial charge in [-0.1, -0.05) is 0 Å².